The number of hydrazone groups is 1. The molecule has 0 saturated heterocycles. The summed E-state index contributed by atoms with van der Waals surface area (Å²) in [4.78, 5) is 11.9. The lowest BCUT2D eigenvalue weighted by molar-refractivity contribution is -0.123. The van der Waals surface area contributed by atoms with Crippen LogP contribution in [0.4, 0.5) is 0 Å². The van der Waals surface area contributed by atoms with Gasteiger partial charge in [-0.15, -0.1) is 0 Å². The van der Waals surface area contributed by atoms with Gasteiger partial charge in [0.2, 0.25) is 0 Å². The number of halogens is 3. The first-order valence-electron chi connectivity index (χ1n) is 8.16. The molecular formula is C19H15Cl3N4O2. The molecule has 1 heterocycles. The van der Waals surface area contributed by atoms with Crippen LogP contribution in [0.1, 0.15) is 11.3 Å². The number of amides is 1. The van der Waals surface area contributed by atoms with Crippen LogP contribution >= 0.6 is 34.8 Å². The van der Waals surface area contributed by atoms with Crippen LogP contribution in [0, 0.1) is 6.92 Å². The molecule has 6 nitrogen and oxygen atoms in total. The Labute approximate surface area is 176 Å². The van der Waals surface area contributed by atoms with Crippen LogP contribution in [-0.2, 0) is 4.79 Å². The van der Waals surface area contributed by atoms with Crippen molar-refractivity contribution in [3.8, 4) is 11.4 Å². The predicted octanol–water partition coefficient (Wildman–Crippen LogP) is 4.67. The van der Waals surface area contributed by atoms with Crippen molar-refractivity contribution in [2.45, 2.75) is 6.92 Å². The second kappa shape index (κ2) is 9.10. The molecule has 0 unspecified atom stereocenters. The molecule has 1 amide bonds. The van der Waals surface area contributed by atoms with Gasteiger partial charge in [-0.1, -0.05) is 53.0 Å². The van der Waals surface area contributed by atoms with Gasteiger partial charge in [0.1, 0.15) is 10.9 Å². The SMILES string of the molecule is Cc1nn(-c2ccccc2)c(Cl)c1C=NNC(=O)COc1ccc(Cl)cc1Cl. The van der Waals surface area contributed by atoms with Crippen LogP contribution in [0.5, 0.6) is 5.75 Å². The fraction of sp³-hybridized carbons (Fsp3) is 0.105. The van der Waals surface area contributed by atoms with Gasteiger partial charge in [-0.3, -0.25) is 4.79 Å². The average Bonchev–Trinajstić information content (AvgIpc) is 2.96. The molecule has 0 bridgehead atoms. The van der Waals surface area contributed by atoms with Crippen LogP contribution in [0.3, 0.4) is 0 Å². The zero-order valence-corrected chi connectivity index (χ0v) is 17.0. The summed E-state index contributed by atoms with van der Waals surface area (Å²) in [6.45, 7) is 1.55. The number of carbonyl (C=O) groups is 1. The molecule has 9 heteroatoms. The Morgan fingerprint density at radius 1 is 1.21 bits per heavy atom. The summed E-state index contributed by atoms with van der Waals surface area (Å²) in [6.07, 6.45) is 1.44. The number of ether oxygens (including phenoxy) is 1. The number of aryl methyl sites for hydroxylation is 1. The summed E-state index contributed by atoms with van der Waals surface area (Å²) in [5, 5.41) is 9.52. The Morgan fingerprint density at radius 3 is 2.68 bits per heavy atom. The first-order chi connectivity index (χ1) is 13.5. The maximum absolute atomic E-state index is 11.9. The number of para-hydroxylation sites is 1. The fourth-order valence-corrected chi connectivity index (χ4v) is 3.12. The van der Waals surface area contributed by atoms with E-state index < -0.39 is 5.91 Å². The highest BCUT2D eigenvalue weighted by Crippen LogP contribution is 2.27. The van der Waals surface area contributed by atoms with Crippen LogP contribution in [0.2, 0.25) is 15.2 Å². The molecule has 28 heavy (non-hydrogen) atoms. The molecule has 0 aliphatic carbocycles. The second-order valence-corrected chi connectivity index (χ2v) is 6.90. The molecule has 0 spiro atoms. The molecule has 0 saturated carbocycles. The zero-order valence-electron chi connectivity index (χ0n) is 14.7. The molecule has 0 radical (unpaired) electrons. The van der Waals surface area contributed by atoms with E-state index >= 15 is 0 Å². The van der Waals surface area contributed by atoms with Gasteiger partial charge in [0, 0.05) is 5.02 Å². The number of nitrogens with zero attached hydrogens (tertiary/aromatic N) is 3. The van der Waals surface area contributed by atoms with Gasteiger partial charge < -0.3 is 4.74 Å². The van der Waals surface area contributed by atoms with Crippen molar-refractivity contribution in [1.82, 2.24) is 15.2 Å². The monoisotopic (exact) mass is 436 g/mol. The van der Waals surface area contributed by atoms with E-state index in [0.717, 1.165) is 5.69 Å². The van der Waals surface area contributed by atoms with Crippen molar-refractivity contribution < 1.29 is 9.53 Å². The molecule has 1 aromatic heterocycles. The Hall–Kier alpha value is -2.54. The van der Waals surface area contributed by atoms with Crippen molar-refractivity contribution in [2.75, 3.05) is 6.61 Å². The van der Waals surface area contributed by atoms with Crippen molar-refractivity contribution >= 4 is 46.9 Å². The molecule has 3 rings (SSSR count). The molecule has 0 aliphatic rings. The van der Waals surface area contributed by atoms with Crippen molar-refractivity contribution in [3.63, 3.8) is 0 Å². The fourth-order valence-electron chi connectivity index (χ4n) is 2.33. The molecule has 3 aromatic rings. The lowest BCUT2D eigenvalue weighted by atomic mass is 10.3. The van der Waals surface area contributed by atoms with Crippen LogP contribution in [0.15, 0.2) is 53.6 Å². The third-order valence-electron chi connectivity index (χ3n) is 3.68. The van der Waals surface area contributed by atoms with Gasteiger partial charge in [0.15, 0.2) is 6.61 Å². The first kappa shape index (κ1) is 20.2. The molecule has 0 aliphatic heterocycles. The van der Waals surface area contributed by atoms with Gasteiger partial charge >= 0.3 is 0 Å². The van der Waals surface area contributed by atoms with Gasteiger partial charge in [0.05, 0.1) is 28.2 Å². The summed E-state index contributed by atoms with van der Waals surface area (Å²) < 4.78 is 6.95. The lowest BCUT2D eigenvalue weighted by Crippen LogP contribution is -2.24. The normalized spacial score (nSPS) is 11.0. The second-order valence-electron chi connectivity index (χ2n) is 5.69. The number of benzene rings is 2. The van der Waals surface area contributed by atoms with E-state index in [-0.39, 0.29) is 6.61 Å². The van der Waals surface area contributed by atoms with Gasteiger partial charge in [-0.05, 0) is 37.3 Å². The summed E-state index contributed by atoms with van der Waals surface area (Å²) in [5.41, 5.74) is 4.48. The van der Waals surface area contributed by atoms with E-state index in [1.165, 1.54) is 12.3 Å². The minimum atomic E-state index is -0.452. The minimum absolute atomic E-state index is 0.255. The highest BCUT2D eigenvalue weighted by molar-refractivity contribution is 6.35. The molecule has 1 N–H and O–H groups in total. The van der Waals surface area contributed by atoms with Crippen molar-refractivity contribution in [3.05, 3.63) is 75.0 Å². The largest absolute Gasteiger partial charge is 0.482 e. The van der Waals surface area contributed by atoms with Gasteiger partial charge in [-0.25, -0.2) is 10.1 Å². The number of aromatic nitrogens is 2. The molecule has 0 fully saturated rings. The first-order valence-corrected chi connectivity index (χ1v) is 9.29. The van der Waals surface area contributed by atoms with Crippen LogP contribution in [-0.4, -0.2) is 28.5 Å². The smallest absolute Gasteiger partial charge is 0.277 e. The maximum Gasteiger partial charge on any atom is 0.277 e. The van der Waals surface area contributed by atoms with E-state index in [1.54, 1.807) is 23.7 Å². The Balaban J connectivity index is 1.61. The molecular weight excluding hydrogens is 423 g/mol. The van der Waals surface area contributed by atoms with Crippen molar-refractivity contribution in [1.29, 1.82) is 0 Å². The summed E-state index contributed by atoms with van der Waals surface area (Å²) in [7, 11) is 0. The van der Waals surface area contributed by atoms with Crippen LogP contribution < -0.4 is 10.2 Å². The Morgan fingerprint density at radius 2 is 1.96 bits per heavy atom. The van der Waals surface area contributed by atoms with E-state index in [1.807, 2.05) is 30.3 Å². The third kappa shape index (κ3) is 4.84. The predicted molar refractivity (Wildman–Crippen MR) is 111 cm³/mol. The molecule has 2 aromatic carbocycles. The number of hydrogen-bond donors (Lipinski definition) is 1. The van der Waals surface area contributed by atoms with E-state index in [2.05, 4.69) is 15.6 Å². The highest BCUT2D eigenvalue weighted by atomic mass is 35.5. The number of rotatable bonds is 6. The lowest BCUT2D eigenvalue weighted by Gasteiger charge is -2.07. The summed E-state index contributed by atoms with van der Waals surface area (Å²) in [6, 6.07) is 14.2. The number of carbonyl (C=O) groups excluding carboxylic acids is 1. The zero-order chi connectivity index (χ0) is 20.1. The standard InChI is InChI=1S/C19H15Cl3N4O2/c1-12-15(19(22)26(25-12)14-5-3-2-4-6-14)10-23-24-18(27)11-28-17-8-7-13(20)9-16(17)21/h2-10H,11H2,1H3,(H,24,27). The number of hydrogen-bond acceptors (Lipinski definition) is 4. The topological polar surface area (TPSA) is 68.5 Å². The third-order valence-corrected chi connectivity index (χ3v) is 4.58. The van der Waals surface area contributed by atoms with E-state index in [9.17, 15) is 4.79 Å². The maximum atomic E-state index is 11.9. The van der Waals surface area contributed by atoms with Gasteiger partial charge in [-0.2, -0.15) is 10.2 Å². The van der Waals surface area contributed by atoms with Crippen molar-refractivity contribution in [2.24, 2.45) is 5.10 Å². The minimum Gasteiger partial charge on any atom is -0.482 e. The number of nitrogens with one attached hydrogen (secondary N) is 1. The molecule has 144 valence electrons. The average molecular weight is 438 g/mol. The van der Waals surface area contributed by atoms with Gasteiger partial charge in [0.25, 0.3) is 5.91 Å². The Bertz CT molecular complexity index is 1020. The summed E-state index contributed by atoms with van der Waals surface area (Å²) in [5.74, 6) is -0.0975. The van der Waals surface area contributed by atoms with E-state index in [4.69, 9.17) is 39.5 Å². The Kier molecular flexibility index (Phi) is 6.57. The van der Waals surface area contributed by atoms with E-state index in [0.29, 0.717) is 32.2 Å². The quantitative estimate of drug-likeness (QED) is 0.450. The highest BCUT2D eigenvalue weighted by Gasteiger charge is 2.13. The summed E-state index contributed by atoms with van der Waals surface area (Å²) >= 11 is 18.2. The molecule has 0 atom stereocenters. The van der Waals surface area contributed by atoms with Crippen LogP contribution in [0.25, 0.3) is 5.69 Å².